The summed E-state index contributed by atoms with van der Waals surface area (Å²) >= 11 is 0. The van der Waals surface area contributed by atoms with Crippen molar-refractivity contribution < 1.29 is 90.3 Å². The zero-order valence-electron chi connectivity index (χ0n) is 76.4. The smallest absolute Gasteiger partial charge is 0.235 e. The predicted octanol–water partition coefficient (Wildman–Crippen LogP) is 19.3. The molecule has 4 unspecified atom stereocenters. The molecule has 4 N–H and O–H groups in total. The third kappa shape index (κ3) is 21.6. The normalized spacial score (nSPS) is 19.4. The van der Waals surface area contributed by atoms with Gasteiger partial charge in [-0.25, -0.2) is 17.6 Å². The first-order chi connectivity index (χ1) is 61.9. The Morgan fingerprint density at radius 2 is 0.600 bits per heavy atom. The monoisotopic (exact) mass is 1790 g/mol. The number of pyridine rings is 4. The minimum absolute atomic E-state index is 0.00598. The second kappa shape index (κ2) is 41.0. The SMILES string of the molecule is CC(F)Oc1cccc(-c2nn(C(C)C)c3cc(C(=O)CC4(CO)CCC4)cnc23)c1.CC(F)Oc1cccc(-c2nn(C(C)C)c3cc(C(=O)C[C@@]4([C@@H](C)O)CCOC4)cnc23)c1.CC(F)Oc1cccc(-c2nn(C(C)C)c3cc(C(=O)C[C@@]4([C@H](C)O)CCOC4)cnc23)c1.CC(F)Oc1cccc(-c2nn(C(C)C)c3cc(C(=O)C[C@]4([C@@H](C)O)CCOC4)cnc23)c1. The zero-order chi connectivity index (χ0) is 93.4. The molecule has 130 heavy (non-hydrogen) atoms. The number of ketones is 4. The highest BCUT2D eigenvalue weighted by Gasteiger charge is 2.45. The lowest BCUT2D eigenvalue weighted by atomic mass is 9.66. The molecule has 12 aromatic rings. The number of fused-ring (bicyclic) bond motifs is 4. The van der Waals surface area contributed by atoms with Crippen LogP contribution in [0.1, 0.15) is 234 Å². The predicted molar refractivity (Wildman–Crippen MR) is 486 cm³/mol. The summed E-state index contributed by atoms with van der Waals surface area (Å²) in [5.74, 6) is 1.38. The number of aromatic nitrogens is 12. The van der Waals surface area contributed by atoms with Crippen LogP contribution in [0.15, 0.2) is 146 Å². The Morgan fingerprint density at radius 1 is 0.362 bits per heavy atom. The summed E-state index contributed by atoms with van der Waals surface area (Å²) in [7, 11) is 0. The fraction of sp³-hybridized carbons (Fsp3) is 0.475. The molecule has 8 aromatic heterocycles. The quantitative estimate of drug-likeness (QED) is 0.0225. The fourth-order valence-electron chi connectivity index (χ4n) is 17.2. The lowest BCUT2D eigenvalue weighted by molar-refractivity contribution is 0.0213. The molecular weight excluding hydrogens is 1670 g/mol. The molecule has 16 rings (SSSR count). The van der Waals surface area contributed by atoms with E-state index in [0.29, 0.717) is 155 Å². The molecule has 31 heteroatoms. The van der Waals surface area contributed by atoms with E-state index in [1.807, 2.05) is 123 Å². The number of benzene rings is 4. The number of rotatable bonds is 32. The maximum atomic E-state index is 13.3. The number of hydrogen-bond acceptors (Lipinski definition) is 23. The third-order valence-corrected chi connectivity index (χ3v) is 24.9. The zero-order valence-corrected chi connectivity index (χ0v) is 76.4. The molecule has 0 radical (unpaired) electrons. The number of Topliss-reactive ketones (excluding diaryl/α,β-unsaturated/α-hetero) is 4. The standard InChI is InChI=1S/3C25H30FN3O4.C24H28FN3O3/c3*1-15(2)29-21-11-19(22(31)12-25(16(3)30)8-9-32-14-25)13-27-24(21)23(28-29)18-6-5-7-20(10-18)33-17(4)26;1-15(2)28-20-11-18(21(30)12-24(14-29)8-5-9-24)13-26-23(20)22(27-28)17-6-4-7-19(10-17)31-16(3)25/h3*5-7,10-11,13,15-17,30H,8-9,12,14H2,1-4H3;4,6-7,10-11,13,15-16,29H,5,8-9,12,14H2,1-3H3/t16-,17?,25+;2*16-,17?,25-;/m110./s1. The molecule has 692 valence electrons. The Bertz CT molecular complexity index is 5550. The molecule has 27 nitrogen and oxygen atoms in total. The lowest BCUT2D eigenvalue weighted by Gasteiger charge is -2.39. The lowest BCUT2D eigenvalue weighted by Crippen LogP contribution is -2.36. The number of aliphatic hydroxyl groups excluding tert-OH is 4. The largest absolute Gasteiger partial charge is 0.461 e. The van der Waals surface area contributed by atoms with E-state index in [1.54, 1.807) is 118 Å². The molecule has 4 aliphatic rings. The number of carbonyl (C=O) groups is 4. The number of carbonyl (C=O) groups excluding carboxylic acids is 4. The van der Waals surface area contributed by atoms with Crippen molar-refractivity contribution in [3.8, 4) is 68.0 Å². The molecular formula is C99H118F4N12O15. The van der Waals surface area contributed by atoms with Gasteiger partial charge in [0.25, 0.3) is 0 Å². The van der Waals surface area contributed by atoms with Gasteiger partial charge in [-0.1, -0.05) is 55.0 Å². The minimum Gasteiger partial charge on any atom is -0.461 e. The van der Waals surface area contributed by atoms with Crippen LogP contribution in [-0.4, -0.2) is 193 Å². The highest BCUT2D eigenvalue weighted by Crippen LogP contribution is 2.46. The van der Waals surface area contributed by atoms with Gasteiger partial charge in [0.1, 0.15) is 67.8 Å². The number of hydrogen-bond donors (Lipinski definition) is 4. The van der Waals surface area contributed by atoms with E-state index in [9.17, 15) is 57.2 Å². The Kier molecular flexibility index (Phi) is 30.4. The summed E-state index contributed by atoms with van der Waals surface area (Å²) in [6.07, 6.45) is 4.36. The van der Waals surface area contributed by atoms with Crippen molar-refractivity contribution in [3.63, 3.8) is 0 Å². The van der Waals surface area contributed by atoms with Gasteiger partial charge >= 0.3 is 0 Å². The molecule has 0 bridgehead atoms. The number of aliphatic hydroxyl groups is 4. The van der Waals surface area contributed by atoms with Crippen molar-refractivity contribution in [1.82, 2.24) is 59.1 Å². The highest BCUT2D eigenvalue weighted by molar-refractivity contribution is 6.04. The van der Waals surface area contributed by atoms with E-state index in [4.69, 9.17) is 53.6 Å². The van der Waals surface area contributed by atoms with E-state index in [1.165, 1.54) is 27.7 Å². The van der Waals surface area contributed by atoms with E-state index in [0.717, 1.165) is 63.6 Å². The van der Waals surface area contributed by atoms with E-state index >= 15 is 0 Å². The van der Waals surface area contributed by atoms with Gasteiger partial charge < -0.3 is 53.6 Å². The average Bonchev–Trinajstić information content (AvgIpc) is 1.65. The molecule has 1 aliphatic carbocycles. The van der Waals surface area contributed by atoms with Crippen LogP contribution in [-0.2, 0) is 14.2 Å². The van der Waals surface area contributed by atoms with Crippen LogP contribution < -0.4 is 18.9 Å². The maximum absolute atomic E-state index is 13.3. The molecule has 3 saturated heterocycles. The summed E-state index contributed by atoms with van der Waals surface area (Å²) in [5.41, 5.74) is 11.2. The summed E-state index contributed by atoms with van der Waals surface area (Å²) in [6.45, 7) is 29.3. The topological polar surface area (TPSA) is 337 Å². The first-order valence-electron chi connectivity index (χ1n) is 44.6. The second-order valence-electron chi connectivity index (χ2n) is 36.1. The second-order valence-corrected chi connectivity index (χ2v) is 36.1. The first kappa shape index (κ1) is 96.2. The molecule has 4 aromatic carbocycles. The minimum atomic E-state index is -1.42. The van der Waals surface area contributed by atoms with Crippen LogP contribution in [0.4, 0.5) is 17.6 Å². The number of ether oxygens (including phenoxy) is 7. The maximum Gasteiger partial charge on any atom is 0.235 e. The molecule has 1 saturated carbocycles. The molecule has 11 heterocycles. The Balaban J connectivity index is 0.000000148. The van der Waals surface area contributed by atoms with Crippen molar-refractivity contribution in [1.29, 1.82) is 0 Å². The van der Waals surface area contributed by atoms with Gasteiger partial charge in [-0.05, 0) is 181 Å². The van der Waals surface area contributed by atoms with E-state index < -0.39 is 60.0 Å². The Labute approximate surface area is 753 Å². The third-order valence-electron chi connectivity index (χ3n) is 24.9. The van der Waals surface area contributed by atoms with Crippen LogP contribution in [0.2, 0.25) is 0 Å². The summed E-state index contributed by atoms with van der Waals surface area (Å²) < 4.78 is 97.8. The van der Waals surface area contributed by atoms with Crippen LogP contribution >= 0.6 is 0 Å². The van der Waals surface area contributed by atoms with Crippen LogP contribution in [0.3, 0.4) is 0 Å². The van der Waals surface area contributed by atoms with Crippen molar-refractivity contribution in [2.24, 2.45) is 21.7 Å². The Hall–Kier alpha value is -11.3. The van der Waals surface area contributed by atoms with Gasteiger partial charge in [0, 0.05) is 195 Å². The van der Waals surface area contributed by atoms with Gasteiger partial charge in [0.15, 0.2) is 23.1 Å². The molecule has 4 fully saturated rings. The number of alkyl halides is 4. The summed E-state index contributed by atoms with van der Waals surface area (Å²) in [4.78, 5) is 70.8. The molecule has 0 amide bonds. The highest BCUT2D eigenvalue weighted by atomic mass is 19.2. The van der Waals surface area contributed by atoms with Gasteiger partial charge in [0.05, 0.1) is 60.2 Å². The van der Waals surface area contributed by atoms with Crippen LogP contribution in [0, 0.1) is 21.7 Å². The molecule has 0 spiro atoms. The van der Waals surface area contributed by atoms with Crippen molar-refractivity contribution >= 4 is 67.3 Å². The van der Waals surface area contributed by atoms with Crippen molar-refractivity contribution in [2.75, 3.05) is 46.2 Å². The number of nitrogens with zero attached hydrogens (tertiary/aromatic N) is 12. The van der Waals surface area contributed by atoms with Gasteiger partial charge in [-0.15, -0.1) is 0 Å². The van der Waals surface area contributed by atoms with Gasteiger partial charge in [-0.2, -0.15) is 20.4 Å². The number of halogens is 4. The van der Waals surface area contributed by atoms with E-state index in [2.05, 4.69) is 19.9 Å². The van der Waals surface area contributed by atoms with Crippen molar-refractivity contribution in [2.45, 2.75) is 236 Å². The van der Waals surface area contributed by atoms with Gasteiger partial charge in [-0.3, -0.25) is 57.8 Å². The molecule has 3 aliphatic heterocycles. The summed E-state index contributed by atoms with van der Waals surface area (Å²) in [5, 5.41) is 59.6. The van der Waals surface area contributed by atoms with Crippen molar-refractivity contribution in [3.05, 3.63) is 168 Å². The Morgan fingerprint density at radius 3 is 0.785 bits per heavy atom. The fourth-order valence-corrected chi connectivity index (χ4v) is 17.2. The van der Waals surface area contributed by atoms with Gasteiger partial charge in [0.2, 0.25) is 25.4 Å². The van der Waals surface area contributed by atoms with E-state index in [-0.39, 0.29) is 78.6 Å². The van der Waals surface area contributed by atoms with Crippen LogP contribution in [0.25, 0.3) is 89.2 Å². The average molecular weight is 1790 g/mol. The summed E-state index contributed by atoms with van der Waals surface area (Å²) in [6, 6.07) is 35.8. The van der Waals surface area contributed by atoms with Crippen LogP contribution in [0.5, 0.6) is 23.0 Å². The molecule has 10 atom stereocenters. The first-order valence-corrected chi connectivity index (χ1v) is 44.6.